The summed E-state index contributed by atoms with van der Waals surface area (Å²) in [5.41, 5.74) is 0.240. The lowest BCUT2D eigenvalue weighted by atomic mass is 9.62. The molecule has 0 bridgehead atoms. The average molecular weight is 289 g/mol. The van der Waals surface area contributed by atoms with Gasteiger partial charge in [0.05, 0.1) is 18.6 Å². The van der Waals surface area contributed by atoms with Crippen LogP contribution in [0.25, 0.3) is 0 Å². The molecule has 1 saturated carbocycles. The lowest BCUT2D eigenvalue weighted by Crippen LogP contribution is -2.55. The number of ether oxygens (including phenoxy) is 1. The van der Waals surface area contributed by atoms with Gasteiger partial charge in [-0.25, -0.2) is 4.79 Å². The van der Waals surface area contributed by atoms with Crippen LogP contribution < -0.4 is 5.32 Å². The summed E-state index contributed by atoms with van der Waals surface area (Å²) in [6.45, 7) is 0.249. The van der Waals surface area contributed by atoms with Gasteiger partial charge in [-0.1, -0.05) is 36.4 Å². The Morgan fingerprint density at radius 3 is 2.62 bits per heavy atom. The standard InChI is InChI=1S/C16H19NO4/c1-21-14(19)8-5-9-17-15(20)16(10-13(18)11-16)12-6-3-2-4-7-12/h2-8,13,18H,9-11H2,1H3,(H,17,20)/b8-5+. The van der Waals surface area contributed by atoms with Crippen molar-refractivity contribution in [2.24, 2.45) is 0 Å². The molecule has 2 rings (SSSR count). The van der Waals surface area contributed by atoms with Crippen molar-refractivity contribution in [1.82, 2.24) is 5.32 Å². The van der Waals surface area contributed by atoms with Crippen molar-refractivity contribution in [1.29, 1.82) is 0 Å². The lowest BCUT2D eigenvalue weighted by Gasteiger charge is -2.44. The molecule has 2 N–H and O–H groups in total. The molecule has 0 heterocycles. The summed E-state index contributed by atoms with van der Waals surface area (Å²) in [7, 11) is 1.30. The van der Waals surface area contributed by atoms with Crippen LogP contribution in [-0.2, 0) is 19.7 Å². The van der Waals surface area contributed by atoms with Gasteiger partial charge >= 0.3 is 5.97 Å². The predicted molar refractivity (Wildman–Crippen MR) is 77.5 cm³/mol. The summed E-state index contributed by atoms with van der Waals surface area (Å²) < 4.78 is 4.47. The van der Waals surface area contributed by atoms with Gasteiger partial charge in [0.1, 0.15) is 0 Å². The fourth-order valence-corrected chi connectivity index (χ4v) is 2.60. The third kappa shape index (κ3) is 3.31. The van der Waals surface area contributed by atoms with E-state index in [4.69, 9.17) is 0 Å². The molecule has 0 spiro atoms. The minimum Gasteiger partial charge on any atom is -0.466 e. The Labute approximate surface area is 123 Å². The Hall–Kier alpha value is -2.14. The lowest BCUT2D eigenvalue weighted by molar-refractivity contribution is -0.135. The van der Waals surface area contributed by atoms with E-state index < -0.39 is 17.5 Å². The Morgan fingerprint density at radius 1 is 1.38 bits per heavy atom. The van der Waals surface area contributed by atoms with E-state index in [2.05, 4.69) is 10.1 Å². The minimum atomic E-state index is -0.667. The van der Waals surface area contributed by atoms with Crippen LogP contribution in [0.4, 0.5) is 0 Å². The fourth-order valence-electron chi connectivity index (χ4n) is 2.60. The highest BCUT2D eigenvalue weighted by atomic mass is 16.5. The zero-order valence-corrected chi connectivity index (χ0v) is 11.9. The Kier molecular flexibility index (Phi) is 4.75. The van der Waals surface area contributed by atoms with E-state index in [1.165, 1.54) is 19.3 Å². The fraction of sp³-hybridized carbons (Fsp3) is 0.375. The van der Waals surface area contributed by atoms with Crippen molar-refractivity contribution >= 4 is 11.9 Å². The number of benzene rings is 1. The molecule has 0 aromatic heterocycles. The first-order valence-corrected chi connectivity index (χ1v) is 6.85. The molecular weight excluding hydrogens is 270 g/mol. The minimum absolute atomic E-state index is 0.131. The molecule has 1 fully saturated rings. The molecule has 21 heavy (non-hydrogen) atoms. The molecule has 112 valence electrons. The first-order chi connectivity index (χ1) is 10.1. The van der Waals surface area contributed by atoms with Crippen molar-refractivity contribution in [2.75, 3.05) is 13.7 Å². The summed E-state index contributed by atoms with van der Waals surface area (Å²) in [5, 5.41) is 12.4. The summed E-state index contributed by atoms with van der Waals surface area (Å²) >= 11 is 0. The number of hydrogen-bond acceptors (Lipinski definition) is 4. The van der Waals surface area contributed by atoms with Gasteiger partial charge in [-0.3, -0.25) is 4.79 Å². The first kappa shape index (κ1) is 15.3. The molecule has 0 saturated heterocycles. The molecule has 5 heteroatoms. The maximum atomic E-state index is 12.4. The van der Waals surface area contributed by atoms with Crippen molar-refractivity contribution in [3.63, 3.8) is 0 Å². The van der Waals surface area contributed by atoms with Gasteiger partial charge in [-0.05, 0) is 18.4 Å². The van der Waals surface area contributed by atoms with E-state index in [0.717, 1.165) is 5.56 Å². The first-order valence-electron chi connectivity index (χ1n) is 6.85. The van der Waals surface area contributed by atoms with E-state index in [-0.39, 0.29) is 12.5 Å². The van der Waals surface area contributed by atoms with Crippen molar-refractivity contribution in [3.05, 3.63) is 48.0 Å². The van der Waals surface area contributed by atoms with Crippen molar-refractivity contribution < 1.29 is 19.4 Å². The van der Waals surface area contributed by atoms with Gasteiger partial charge in [-0.2, -0.15) is 0 Å². The smallest absolute Gasteiger partial charge is 0.330 e. The average Bonchev–Trinajstić information content (AvgIpc) is 2.48. The third-order valence-electron chi connectivity index (χ3n) is 3.76. The summed E-state index contributed by atoms with van der Waals surface area (Å²) in [6, 6.07) is 9.45. The zero-order valence-electron chi connectivity index (χ0n) is 11.9. The van der Waals surface area contributed by atoms with Gasteiger partial charge < -0.3 is 15.2 Å². The van der Waals surface area contributed by atoms with E-state index in [1.807, 2.05) is 30.3 Å². The van der Waals surface area contributed by atoms with Crippen molar-refractivity contribution in [2.45, 2.75) is 24.4 Å². The number of amides is 1. The van der Waals surface area contributed by atoms with Gasteiger partial charge in [0.15, 0.2) is 0 Å². The van der Waals surface area contributed by atoms with Gasteiger partial charge in [0.2, 0.25) is 5.91 Å². The quantitative estimate of drug-likeness (QED) is 0.624. The predicted octanol–water partition coefficient (Wildman–Crippen LogP) is 0.924. The Balaban J connectivity index is 2.01. The van der Waals surface area contributed by atoms with E-state index in [1.54, 1.807) is 0 Å². The monoisotopic (exact) mass is 289 g/mol. The molecule has 1 aliphatic carbocycles. The number of hydrogen-bond donors (Lipinski definition) is 2. The largest absolute Gasteiger partial charge is 0.466 e. The van der Waals surface area contributed by atoms with Crippen LogP contribution in [0, 0.1) is 0 Å². The normalized spacial score (nSPS) is 24.4. The number of esters is 1. The van der Waals surface area contributed by atoms with Crippen LogP contribution in [0.5, 0.6) is 0 Å². The molecule has 5 nitrogen and oxygen atoms in total. The second-order valence-corrected chi connectivity index (χ2v) is 5.15. The van der Waals surface area contributed by atoms with Crippen LogP contribution in [0.1, 0.15) is 18.4 Å². The number of aliphatic hydroxyl groups excluding tert-OH is 1. The van der Waals surface area contributed by atoms with E-state index in [0.29, 0.717) is 12.8 Å². The maximum absolute atomic E-state index is 12.4. The SMILES string of the molecule is COC(=O)/C=C/CNC(=O)C1(c2ccccc2)CC(O)C1. The molecule has 0 radical (unpaired) electrons. The molecule has 0 aliphatic heterocycles. The number of methoxy groups -OCH3 is 1. The van der Waals surface area contributed by atoms with E-state index in [9.17, 15) is 14.7 Å². The molecule has 1 amide bonds. The molecule has 0 atom stereocenters. The molecule has 0 unspecified atom stereocenters. The second-order valence-electron chi connectivity index (χ2n) is 5.15. The van der Waals surface area contributed by atoms with Crippen LogP contribution in [0.2, 0.25) is 0 Å². The summed E-state index contributed by atoms with van der Waals surface area (Å²) in [4.78, 5) is 23.4. The van der Waals surface area contributed by atoms with Gasteiger partial charge in [-0.15, -0.1) is 0 Å². The van der Waals surface area contributed by atoms with Gasteiger partial charge in [0, 0.05) is 12.6 Å². The van der Waals surface area contributed by atoms with Gasteiger partial charge in [0.25, 0.3) is 0 Å². The van der Waals surface area contributed by atoms with Crippen LogP contribution in [0.3, 0.4) is 0 Å². The molecule has 1 aromatic rings. The maximum Gasteiger partial charge on any atom is 0.330 e. The Bertz CT molecular complexity index is 532. The number of rotatable bonds is 5. The number of nitrogens with one attached hydrogen (secondary N) is 1. The van der Waals surface area contributed by atoms with Crippen LogP contribution in [-0.4, -0.2) is 36.7 Å². The Morgan fingerprint density at radius 2 is 2.05 bits per heavy atom. The molecule has 1 aliphatic rings. The number of carbonyl (C=O) groups excluding carboxylic acids is 2. The highest BCUT2D eigenvalue weighted by molar-refractivity contribution is 5.90. The highest BCUT2D eigenvalue weighted by Gasteiger charge is 2.50. The highest BCUT2D eigenvalue weighted by Crippen LogP contribution is 2.44. The molecular formula is C16H19NO4. The van der Waals surface area contributed by atoms with Crippen LogP contribution in [0.15, 0.2) is 42.5 Å². The number of aliphatic hydroxyl groups is 1. The third-order valence-corrected chi connectivity index (χ3v) is 3.76. The van der Waals surface area contributed by atoms with Crippen molar-refractivity contribution in [3.8, 4) is 0 Å². The van der Waals surface area contributed by atoms with Crippen LogP contribution >= 0.6 is 0 Å². The summed E-state index contributed by atoms with van der Waals surface area (Å²) in [5.74, 6) is -0.588. The number of carbonyl (C=O) groups is 2. The second kappa shape index (κ2) is 6.54. The van der Waals surface area contributed by atoms with E-state index >= 15 is 0 Å². The molecule has 1 aromatic carbocycles. The summed E-state index contributed by atoms with van der Waals surface area (Å²) in [6.07, 6.45) is 3.21. The zero-order chi connectivity index (χ0) is 15.3. The topological polar surface area (TPSA) is 75.6 Å².